The summed E-state index contributed by atoms with van der Waals surface area (Å²) in [7, 11) is 0. The van der Waals surface area contributed by atoms with Gasteiger partial charge in [-0.1, -0.05) is 18.2 Å². The maximum absolute atomic E-state index is 9.61. The summed E-state index contributed by atoms with van der Waals surface area (Å²) in [5.41, 5.74) is 1.88. The molecule has 1 unspecified atom stereocenters. The van der Waals surface area contributed by atoms with E-state index in [9.17, 15) is 5.11 Å². The van der Waals surface area contributed by atoms with Gasteiger partial charge in [-0.25, -0.2) is 4.98 Å². The molecule has 2 aromatic rings. The summed E-state index contributed by atoms with van der Waals surface area (Å²) >= 11 is 1.62. The molecule has 1 atom stereocenters. The van der Waals surface area contributed by atoms with Gasteiger partial charge < -0.3 is 10.4 Å². The van der Waals surface area contributed by atoms with E-state index in [2.05, 4.69) is 10.3 Å². The maximum atomic E-state index is 9.61. The first-order valence-corrected chi connectivity index (χ1v) is 6.04. The third kappa shape index (κ3) is 2.59. The van der Waals surface area contributed by atoms with Crippen LogP contribution in [0, 0.1) is 0 Å². The molecule has 4 heteroatoms. The SMILES string of the molecule is CC(O)c1ccccc1NCc1nccs1. The Morgan fingerprint density at radius 3 is 2.94 bits per heavy atom. The number of para-hydroxylation sites is 1. The first kappa shape index (κ1) is 11.1. The van der Waals surface area contributed by atoms with E-state index in [1.54, 1.807) is 24.5 Å². The molecule has 0 spiro atoms. The quantitative estimate of drug-likeness (QED) is 0.855. The Kier molecular flexibility index (Phi) is 3.54. The molecule has 0 saturated carbocycles. The number of benzene rings is 1. The fourth-order valence-corrected chi connectivity index (χ4v) is 2.09. The van der Waals surface area contributed by atoms with Gasteiger partial charge in [-0.05, 0) is 13.0 Å². The van der Waals surface area contributed by atoms with Crippen LogP contribution in [0.5, 0.6) is 0 Å². The third-order valence-electron chi connectivity index (χ3n) is 2.32. The number of aliphatic hydroxyl groups excluding tert-OH is 1. The Hall–Kier alpha value is -1.39. The molecule has 0 bridgehead atoms. The fourth-order valence-electron chi connectivity index (χ4n) is 1.53. The Morgan fingerprint density at radius 1 is 1.44 bits per heavy atom. The minimum atomic E-state index is -0.458. The van der Waals surface area contributed by atoms with Gasteiger partial charge in [-0.2, -0.15) is 0 Å². The van der Waals surface area contributed by atoms with Crippen molar-refractivity contribution in [3.05, 3.63) is 46.4 Å². The van der Waals surface area contributed by atoms with Crippen LogP contribution in [0.2, 0.25) is 0 Å². The number of rotatable bonds is 4. The van der Waals surface area contributed by atoms with E-state index in [4.69, 9.17) is 0 Å². The molecule has 3 nitrogen and oxygen atoms in total. The number of nitrogens with one attached hydrogen (secondary N) is 1. The molecule has 1 heterocycles. The van der Waals surface area contributed by atoms with Crippen molar-refractivity contribution < 1.29 is 5.11 Å². The summed E-state index contributed by atoms with van der Waals surface area (Å²) in [5.74, 6) is 0. The minimum absolute atomic E-state index is 0.458. The first-order valence-electron chi connectivity index (χ1n) is 5.16. The summed E-state index contributed by atoms with van der Waals surface area (Å²) in [6.07, 6.45) is 1.34. The Bertz CT molecular complexity index is 440. The van der Waals surface area contributed by atoms with Crippen molar-refractivity contribution in [3.63, 3.8) is 0 Å². The number of thiazole rings is 1. The minimum Gasteiger partial charge on any atom is -0.389 e. The summed E-state index contributed by atoms with van der Waals surface area (Å²) in [6.45, 7) is 2.46. The van der Waals surface area contributed by atoms with Gasteiger partial charge >= 0.3 is 0 Å². The monoisotopic (exact) mass is 234 g/mol. The summed E-state index contributed by atoms with van der Waals surface area (Å²) < 4.78 is 0. The van der Waals surface area contributed by atoms with Gasteiger partial charge in [0.2, 0.25) is 0 Å². The highest BCUT2D eigenvalue weighted by Crippen LogP contribution is 2.22. The standard InChI is InChI=1S/C12H14N2OS/c1-9(15)10-4-2-3-5-11(10)14-8-12-13-6-7-16-12/h2-7,9,14-15H,8H2,1H3. The highest BCUT2D eigenvalue weighted by atomic mass is 32.1. The number of aromatic nitrogens is 1. The van der Waals surface area contributed by atoms with E-state index in [1.807, 2.05) is 29.6 Å². The maximum Gasteiger partial charge on any atom is 0.112 e. The van der Waals surface area contributed by atoms with Crippen molar-refractivity contribution in [2.75, 3.05) is 5.32 Å². The van der Waals surface area contributed by atoms with Gasteiger partial charge in [0.15, 0.2) is 0 Å². The predicted molar refractivity (Wildman–Crippen MR) is 66.5 cm³/mol. The fraction of sp³-hybridized carbons (Fsp3) is 0.250. The highest BCUT2D eigenvalue weighted by molar-refractivity contribution is 7.09. The van der Waals surface area contributed by atoms with Crippen LogP contribution in [0.1, 0.15) is 23.6 Å². The zero-order valence-corrected chi connectivity index (χ0v) is 9.87. The molecule has 0 aliphatic rings. The van der Waals surface area contributed by atoms with Crippen LogP contribution in [0.25, 0.3) is 0 Å². The van der Waals surface area contributed by atoms with Crippen LogP contribution in [0.15, 0.2) is 35.8 Å². The molecule has 0 aliphatic heterocycles. The number of hydrogen-bond acceptors (Lipinski definition) is 4. The van der Waals surface area contributed by atoms with Gasteiger partial charge in [-0.3, -0.25) is 0 Å². The average Bonchev–Trinajstić information content (AvgIpc) is 2.79. The molecular weight excluding hydrogens is 220 g/mol. The van der Waals surface area contributed by atoms with Gasteiger partial charge in [0.05, 0.1) is 12.6 Å². The van der Waals surface area contributed by atoms with Crippen molar-refractivity contribution >= 4 is 17.0 Å². The van der Waals surface area contributed by atoms with Crippen molar-refractivity contribution in [3.8, 4) is 0 Å². The first-order chi connectivity index (χ1) is 7.77. The Balaban J connectivity index is 2.09. The molecule has 2 N–H and O–H groups in total. The largest absolute Gasteiger partial charge is 0.389 e. The van der Waals surface area contributed by atoms with Crippen LogP contribution < -0.4 is 5.32 Å². The summed E-state index contributed by atoms with van der Waals surface area (Å²) in [5, 5.41) is 15.9. The van der Waals surface area contributed by atoms with Gasteiger partial charge in [0, 0.05) is 22.8 Å². The molecule has 0 radical (unpaired) electrons. The number of anilines is 1. The molecule has 2 rings (SSSR count). The van der Waals surface area contributed by atoms with E-state index in [-0.39, 0.29) is 0 Å². The van der Waals surface area contributed by atoms with Crippen LogP contribution in [0.3, 0.4) is 0 Å². The normalized spacial score (nSPS) is 12.4. The average molecular weight is 234 g/mol. The topological polar surface area (TPSA) is 45.1 Å². The van der Waals surface area contributed by atoms with Crippen LogP contribution in [-0.4, -0.2) is 10.1 Å². The van der Waals surface area contributed by atoms with E-state index in [0.29, 0.717) is 6.54 Å². The highest BCUT2D eigenvalue weighted by Gasteiger charge is 2.06. The summed E-state index contributed by atoms with van der Waals surface area (Å²) in [4.78, 5) is 4.20. The lowest BCUT2D eigenvalue weighted by molar-refractivity contribution is 0.200. The number of nitrogens with zero attached hydrogens (tertiary/aromatic N) is 1. The second-order valence-corrected chi connectivity index (χ2v) is 4.52. The molecule has 0 aliphatic carbocycles. The van der Waals surface area contributed by atoms with Crippen molar-refractivity contribution in [1.82, 2.24) is 4.98 Å². The van der Waals surface area contributed by atoms with Crippen LogP contribution >= 0.6 is 11.3 Å². The van der Waals surface area contributed by atoms with Crippen molar-refractivity contribution in [2.45, 2.75) is 19.6 Å². The zero-order chi connectivity index (χ0) is 11.4. The molecular formula is C12H14N2OS. The second-order valence-electron chi connectivity index (χ2n) is 3.54. The molecule has 0 amide bonds. The van der Waals surface area contributed by atoms with Gasteiger partial charge in [-0.15, -0.1) is 11.3 Å². The lowest BCUT2D eigenvalue weighted by atomic mass is 10.1. The smallest absolute Gasteiger partial charge is 0.112 e. The Morgan fingerprint density at radius 2 is 2.25 bits per heavy atom. The molecule has 0 fully saturated rings. The number of hydrogen-bond donors (Lipinski definition) is 2. The predicted octanol–water partition coefficient (Wildman–Crippen LogP) is 2.81. The summed E-state index contributed by atoms with van der Waals surface area (Å²) in [6, 6.07) is 7.77. The van der Waals surface area contributed by atoms with Crippen LogP contribution in [0.4, 0.5) is 5.69 Å². The van der Waals surface area contributed by atoms with Crippen LogP contribution in [-0.2, 0) is 6.54 Å². The van der Waals surface area contributed by atoms with E-state index in [1.165, 1.54) is 0 Å². The zero-order valence-electron chi connectivity index (χ0n) is 9.05. The molecule has 84 valence electrons. The van der Waals surface area contributed by atoms with Crippen molar-refractivity contribution in [2.24, 2.45) is 0 Å². The van der Waals surface area contributed by atoms with E-state index in [0.717, 1.165) is 16.3 Å². The molecule has 16 heavy (non-hydrogen) atoms. The molecule has 0 saturated heterocycles. The lowest BCUT2D eigenvalue weighted by Gasteiger charge is -2.12. The Labute approximate surface area is 98.8 Å². The number of aliphatic hydroxyl groups is 1. The van der Waals surface area contributed by atoms with E-state index < -0.39 is 6.10 Å². The third-order valence-corrected chi connectivity index (χ3v) is 3.10. The molecule has 1 aromatic carbocycles. The van der Waals surface area contributed by atoms with E-state index >= 15 is 0 Å². The molecule has 1 aromatic heterocycles. The van der Waals surface area contributed by atoms with Gasteiger partial charge in [0.1, 0.15) is 5.01 Å². The van der Waals surface area contributed by atoms with Crippen molar-refractivity contribution in [1.29, 1.82) is 0 Å². The van der Waals surface area contributed by atoms with Gasteiger partial charge in [0.25, 0.3) is 0 Å². The second kappa shape index (κ2) is 5.09. The lowest BCUT2D eigenvalue weighted by Crippen LogP contribution is -2.03.